The van der Waals surface area contributed by atoms with Gasteiger partial charge in [-0.15, -0.1) is 0 Å². The second kappa shape index (κ2) is 6.61. The van der Waals surface area contributed by atoms with Crippen molar-refractivity contribution in [1.29, 1.82) is 0 Å². The summed E-state index contributed by atoms with van der Waals surface area (Å²) in [5.74, 6) is 0. The third-order valence-corrected chi connectivity index (χ3v) is 4.33. The molecule has 1 aliphatic heterocycles. The van der Waals surface area contributed by atoms with E-state index in [-0.39, 0.29) is 0 Å². The number of hydrogen-bond donors (Lipinski definition) is 1. The Morgan fingerprint density at radius 3 is 2.62 bits per heavy atom. The lowest BCUT2D eigenvalue weighted by molar-refractivity contribution is 0.121. The van der Waals surface area contributed by atoms with Gasteiger partial charge in [-0.3, -0.25) is 0 Å². The van der Waals surface area contributed by atoms with E-state index in [4.69, 9.17) is 0 Å². The Bertz CT molecular complexity index is 191. The zero-order chi connectivity index (χ0) is 12.0. The minimum Gasteiger partial charge on any atom is -0.320 e. The van der Waals surface area contributed by atoms with Crippen molar-refractivity contribution in [2.24, 2.45) is 5.41 Å². The largest absolute Gasteiger partial charge is 0.320 e. The summed E-state index contributed by atoms with van der Waals surface area (Å²) in [6, 6.07) is 0.707. The van der Waals surface area contributed by atoms with E-state index in [0.717, 1.165) is 0 Å². The highest BCUT2D eigenvalue weighted by Gasteiger charge is 2.32. The summed E-state index contributed by atoms with van der Waals surface area (Å²) < 4.78 is 0. The molecule has 1 fully saturated rings. The molecule has 1 rings (SSSR count). The number of hydrogen-bond acceptors (Lipinski definition) is 2. The third-order valence-electron chi connectivity index (χ3n) is 4.33. The quantitative estimate of drug-likeness (QED) is 0.775. The fourth-order valence-electron chi connectivity index (χ4n) is 2.90. The van der Waals surface area contributed by atoms with Gasteiger partial charge in [-0.05, 0) is 65.1 Å². The van der Waals surface area contributed by atoms with Crippen LogP contribution in [0.15, 0.2) is 0 Å². The fourth-order valence-corrected chi connectivity index (χ4v) is 2.90. The Morgan fingerprint density at radius 2 is 2.06 bits per heavy atom. The van der Waals surface area contributed by atoms with E-state index >= 15 is 0 Å². The van der Waals surface area contributed by atoms with Crippen LogP contribution >= 0.6 is 0 Å². The standard InChI is InChI=1S/C14H30N2/c1-5-14(9-10-15-4)8-6-7-11-16(12-14)13(2)3/h13,15H,5-12H2,1-4H3. The Balaban J connectivity index is 2.65. The number of nitrogens with zero attached hydrogens (tertiary/aromatic N) is 1. The van der Waals surface area contributed by atoms with Crippen molar-refractivity contribution in [3.05, 3.63) is 0 Å². The molecule has 96 valence electrons. The maximum atomic E-state index is 3.32. The van der Waals surface area contributed by atoms with Gasteiger partial charge in [-0.1, -0.05) is 13.3 Å². The van der Waals surface area contributed by atoms with Gasteiger partial charge in [0.1, 0.15) is 0 Å². The van der Waals surface area contributed by atoms with E-state index in [9.17, 15) is 0 Å². The lowest BCUT2D eigenvalue weighted by Gasteiger charge is -2.37. The summed E-state index contributed by atoms with van der Waals surface area (Å²) in [5, 5.41) is 3.32. The molecule has 2 heteroatoms. The van der Waals surface area contributed by atoms with Crippen molar-refractivity contribution in [1.82, 2.24) is 10.2 Å². The molecule has 2 nitrogen and oxygen atoms in total. The molecule has 1 N–H and O–H groups in total. The molecule has 1 atom stereocenters. The Hall–Kier alpha value is -0.0800. The maximum Gasteiger partial charge on any atom is 0.00410 e. The SMILES string of the molecule is CCC1(CCNC)CCCCN(C(C)C)C1. The number of likely N-dealkylation sites (tertiary alicyclic amines) is 1. The van der Waals surface area contributed by atoms with E-state index in [1.54, 1.807) is 0 Å². The van der Waals surface area contributed by atoms with Crippen molar-refractivity contribution in [3.8, 4) is 0 Å². The van der Waals surface area contributed by atoms with E-state index in [2.05, 4.69) is 38.0 Å². The Labute approximate surface area is 102 Å². The smallest absolute Gasteiger partial charge is 0.00410 e. The molecule has 1 unspecified atom stereocenters. The highest BCUT2D eigenvalue weighted by atomic mass is 15.2. The first-order valence-corrected chi connectivity index (χ1v) is 7.02. The Morgan fingerprint density at radius 1 is 1.31 bits per heavy atom. The number of rotatable bonds is 5. The first-order chi connectivity index (χ1) is 7.63. The van der Waals surface area contributed by atoms with Gasteiger partial charge in [-0.2, -0.15) is 0 Å². The number of nitrogens with one attached hydrogen (secondary N) is 1. The van der Waals surface area contributed by atoms with Gasteiger partial charge in [0.05, 0.1) is 0 Å². The fraction of sp³-hybridized carbons (Fsp3) is 1.00. The Kier molecular flexibility index (Phi) is 5.77. The highest BCUT2D eigenvalue weighted by Crippen LogP contribution is 2.36. The van der Waals surface area contributed by atoms with Crippen LogP contribution in [0.5, 0.6) is 0 Å². The molecule has 0 amide bonds. The van der Waals surface area contributed by atoms with Crippen LogP contribution in [-0.4, -0.2) is 37.6 Å². The first kappa shape index (κ1) is 14.0. The van der Waals surface area contributed by atoms with Crippen LogP contribution in [0.25, 0.3) is 0 Å². The minimum absolute atomic E-state index is 0.573. The summed E-state index contributed by atoms with van der Waals surface area (Å²) >= 11 is 0. The average molecular weight is 226 g/mol. The molecule has 1 heterocycles. The van der Waals surface area contributed by atoms with Gasteiger partial charge >= 0.3 is 0 Å². The second-order valence-electron chi connectivity index (χ2n) is 5.73. The molecule has 0 aliphatic carbocycles. The summed E-state index contributed by atoms with van der Waals surface area (Å²) in [5.41, 5.74) is 0.573. The zero-order valence-corrected chi connectivity index (χ0v) is 11.7. The van der Waals surface area contributed by atoms with Gasteiger partial charge in [0.2, 0.25) is 0 Å². The first-order valence-electron chi connectivity index (χ1n) is 7.02. The second-order valence-corrected chi connectivity index (χ2v) is 5.73. The van der Waals surface area contributed by atoms with E-state index < -0.39 is 0 Å². The monoisotopic (exact) mass is 226 g/mol. The molecule has 0 bridgehead atoms. The van der Waals surface area contributed by atoms with Gasteiger partial charge in [0.25, 0.3) is 0 Å². The van der Waals surface area contributed by atoms with Crippen LogP contribution in [0.4, 0.5) is 0 Å². The summed E-state index contributed by atoms with van der Waals surface area (Å²) in [6.45, 7) is 10.8. The molecule has 0 aromatic rings. The van der Waals surface area contributed by atoms with Gasteiger partial charge in [-0.25, -0.2) is 0 Å². The van der Waals surface area contributed by atoms with Crippen LogP contribution in [-0.2, 0) is 0 Å². The van der Waals surface area contributed by atoms with Crippen molar-refractivity contribution in [3.63, 3.8) is 0 Å². The molecular formula is C14H30N2. The molecule has 1 aliphatic rings. The van der Waals surface area contributed by atoms with E-state index in [1.165, 1.54) is 51.7 Å². The van der Waals surface area contributed by atoms with Crippen LogP contribution < -0.4 is 5.32 Å². The topological polar surface area (TPSA) is 15.3 Å². The van der Waals surface area contributed by atoms with Gasteiger partial charge in [0.15, 0.2) is 0 Å². The van der Waals surface area contributed by atoms with Gasteiger partial charge < -0.3 is 10.2 Å². The average Bonchev–Trinajstić information content (AvgIpc) is 2.50. The molecule has 0 aromatic carbocycles. The van der Waals surface area contributed by atoms with Gasteiger partial charge in [0, 0.05) is 12.6 Å². The lowest BCUT2D eigenvalue weighted by atomic mass is 9.77. The predicted molar refractivity (Wildman–Crippen MR) is 71.8 cm³/mol. The van der Waals surface area contributed by atoms with Crippen LogP contribution in [0.3, 0.4) is 0 Å². The highest BCUT2D eigenvalue weighted by molar-refractivity contribution is 4.86. The van der Waals surface area contributed by atoms with Crippen molar-refractivity contribution in [2.75, 3.05) is 26.7 Å². The van der Waals surface area contributed by atoms with Crippen molar-refractivity contribution < 1.29 is 0 Å². The third kappa shape index (κ3) is 3.74. The van der Waals surface area contributed by atoms with E-state index in [0.29, 0.717) is 11.5 Å². The van der Waals surface area contributed by atoms with Crippen molar-refractivity contribution in [2.45, 2.75) is 58.9 Å². The normalized spacial score (nSPS) is 28.3. The molecule has 0 saturated carbocycles. The summed E-state index contributed by atoms with van der Waals surface area (Å²) in [4.78, 5) is 2.69. The van der Waals surface area contributed by atoms with Crippen LogP contribution in [0, 0.1) is 5.41 Å². The zero-order valence-electron chi connectivity index (χ0n) is 11.7. The summed E-state index contributed by atoms with van der Waals surface area (Å²) in [7, 11) is 2.07. The molecule has 0 spiro atoms. The lowest BCUT2D eigenvalue weighted by Crippen LogP contribution is -2.41. The van der Waals surface area contributed by atoms with E-state index in [1.807, 2.05) is 0 Å². The van der Waals surface area contributed by atoms with Crippen LogP contribution in [0.1, 0.15) is 52.9 Å². The summed E-state index contributed by atoms with van der Waals surface area (Å²) in [6.07, 6.45) is 6.90. The predicted octanol–water partition coefficient (Wildman–Crippen LogP) is 2.89. The molecule has 16 heavy (non-hydrogen) atoms. The maximum absolute atomic E-state index is 3.32. The molecule has 0 radical (unpaired) electrons. The molecule has 0 aromatic heterocycles. The van der Waals surface area contributed by atoms with Crippen LogP contribution in [0.2, 0.25) is 0 Å². The van der Waals surface area contributed by atoms with Crippen molar-refractivity contribution >= 4 is 0 Å². The minimum atomic E-state index is 0.573. The molecular weight excluding hydrogens is 196 g/mol. The molecule has 1 saturated heterocycles.